The minimum atomic E-state index is -0.509. The first kappa shape index (κ1) is 23.3. The van der Waals surface area contributed by atoms with Crippen LogP contribution < -0.4 is 5.32 Å². The van der Waals surface area contributed by atoms with E-state index in [0.29, 0.717) is 35.4 Å². The largest absolute Gasteiger partial charge is 0.376 e. The molecule has 13 heteroatoms. The molecule has 1 atom stereocenters. The van der Waals surface area contributed by atoms with Gasteiger partial charge in [0, 0.05) is 42.1 Å². The number of nitrogens with zero attached hydrogens (tertiary/aromatic N) is 5. The first-order valence-corrected chi connectivity index (χ1v) is 11.4. The maximum atomic E-state index is 12.4. The lowest BCUT2D eigenvalue weighted by atomic mass is 10.2. The first-order valence-electron chi connectivity index (χ1n) is 10.4. The molecule has 1 aromatic heterocycles. The number of carbonyl (C=O) groups is 1. The summed E-state index contributed by atoms with van der Waals surface area (Å²) in [5, 5.41) is 33.4. The van der Waals surface area contributed by atoms with Gasteiger partial charge < -0.3 is 10.1 Å². The average molecular weight is 484 g/mol. The summed E-state index contributed by atoms with van der Waals surface area (Å²) in [6, 6.07) is 11.6. The molecule has 2 aromatic carbocycles. The van der Waals surface area contributed by atoms with E-state index in [0.717, 1.165) is 12.8 Å². The molecular formula is C21H20N6O6S. The fraction of sp³-hybridized carbons (Fsp3) is 0.286. The van der Waals surface area contributed by atoms with Crippen LogP contribution in [-0.4, -0.2) is 49.0 Å². The van der Waals surface area contributed by atoms with Crippen molar-refractivity contribution in [1.29, 1.82) is 0 Å². The van der Waals surface area contributed by atoms with Crippen LogP contribution in [-0.2, 0) is 16.1 Å². The Hall–Kier alpha value is -3.84. The number of carbonyl (C=O) groups excluding carboxylic acids is 1. The van der Waals surface area contributed by atoms with E-state index in [1.54, 1.807) is 12.1 Å². The van der Waals surface area contributed by atoms with Crippen molar-refractivity contribution < 1.29 is 19.4 Å². The zero-order valence-corrected chi connectivity index (χ0v) is 18.6. The average Bonchev–Trinajstić information content (AvgIpc) is 3.48. The Labute approximate surface area is 197 Å². The molecule has 1 aliphatic rings. The number of ether oxygens (including phenoxy) is 1. The fourth-order valence-corrected chi connectivity index (χ4v) is 4.24. The molecule has 0 bridgehead atoms. The summed E-state index contributed by atoms with van der Waals surface area (Å²) >= 11 is 1.19. The van der Waals surface area contributed by atoms with Crippen LogP contribution in [0.2, 0.25) is 0 Å². The number of thioether (sulfide) groups is 1. The lowest BCUT2D eigenvalue weighted by Crippen LogP contribution is -2.18. The number of nitro groups is 2. The van der Waals surface area contributed by atoms with Crippen molar-refractivity contribution in [3.8, 4) is 11.4 Å². The van der Waals surface area contributed by atoms with E-state index in [1.807, 2.05) is 4.57 Å². The molecule has 2 heterocycles. The van der Waals surface area contributed by atoms with Gasteiger partial charge in [-0.1, -0.05) is 11.8 Å². The van der Waals surface area contributed by atoms with Crippen LogP contribution in [0.1, 0.15) is 12.8 Å². The lowest BCUT2D eigenvalue weighted by molar-refractivity contribution is -0.385. The van der Waals surface area contributed by atoms with E-state index < -0.39 is 9.85 Å². The van der Waals surface area contributed by atoms with Gasteiger partial charge in [0.15, 0.2) is 11.0 Å². The van der Waals surface area contributed by atoms with E-state index in [1.165, 1.54) is 48.2 Å². The Bertz CT molecular complexity index is 1190. The number of amides is 1. The van der Waals surface area contributed by atoms with Crippen molar-refractivity contribution in [2.24, 2.45) is 0 Å². The monoisotopic (exact) mass is 484 g/mol. The molecule has 1 amide bonds. The van der Waals surface area contributed by atoms with Gasteiger partial charge in [0.05, 0.1) is 28.2 Å². The Kier molecular flexibility index (Phi) is 7.13. The predicted octanol–water partition coefficient (Wildman–Crippen LogP) is 3.67. The second-order valence-electron chi connectivity index (χ2n) is 7.50. The lowest BCUT2D eigenvalue weighted by Gasteiger charge is -2.14. The number of rotatable bonds is 9. The Morgan fingerprint density at radius 2 is 1.71 bits per heavy atom. The van der Waals surface area contributed by atoms with Gasteiger partial charge in [0.1, 0.15) is 0 Å². The van der Waals surface area contributed by atoms with Crippen molar-refractivity contribution in [2.45, 2.75) is 30.6 Å². The molecule has 176 valence electrons. The van der Waals surface area contributed by atoms with E-state index in [4.69, 9.17) is 4.74 Å². The van der Waals surface area contributed by atoms with Gasteiger partial charge in [-0.05, 0) is 37.1 Å². The predicted molar refractivity (Wildman–Crippen MR) is 124 cm³/mol. The SMILES string of the molecule is O=C(CSc1nnc(-c2ccc([N+](=O)[O-])cc2)n1C[C@H]1CCCO1)Nc1ccc([N+](=O)[O-])cc1. The number of benzene rings is 2. The molecule has 1 N–H and O–H groups in total. The van der Waals surface area contributed by atoms with E-state index >= 15 is 0 Å². The summed E-state index contributed by atoms with van der Waals surface area (Å²) in [7, 11) is 0. The maximum Gasteiger partial charge on any atom is 0.269 e. The second kappa shape index (κ2) is 10.4. The van der Waals surface area contributed by atoms with Crippen LogP contribution in [0.3, 0.4) is 0 Å². The minimum Gasteiger partial charge on any atom is -0.376 e. The van der Waals surface area contributed by atoms with Crippen molar-refractivity contribution in [2.75, 3.05) is 17.7 Å². The van der Waals surface area contributed by atoms with Crippen LogP contribution in [0.15, 0.2) is 53.7 Å². The molecule has 12 nitrogen and oxygen atoms in total. The molecule has 3 aromatic rings. The molecule has 1 fully saturated rings. The molecular weight excluding hydrogens is 464 g/mol. The van der Waals surface area contributed by atoms with Crippen LogP contribution >= 0.6 is 11.8 Å². The number of anilines is 1. The summed E-state index contributed by atoms with van der Waals surface area (Å²) in [5.41, 5.74) is 1.03. The third-order valence-electron chi connectivity index (χ3n) is 5.16. The summed E-state index contributed by atoms with van der Waals surface area (Å²) in [4.78, 5) is 33.2. The summed E-state index contributed by atoms with van der Waals surface area (Å²) in [6.45, 7) is 1.17. The number of hydrogen-bond acceptors (Lipinski definition) is 9. The molecule has 4 rings (SSSR count). The van der Waals surface area contributed by atoms with Crippen molar-refractivity contribution in [3.63, 3.8) is 0 Å². The quantitative estimate of drug-likeness (QED) is 0.272. The van der Waals surface area contributed by atoms with E-state index in [2.05, 4.69) is 15.5 Å². The molecule has 0 radical (unpaired) electrons. The molecule has 1 saturated heterocycles. The van der Waals surface area contributed by atoms with Crippen molar-refractivity contribution in [1.82, 2.24) is 14.8 Å². The second-order valence-corrected chi connectivity index (χ2v) is 8.44. The Morgan fingerprint density at radius 1 is 1.06 bits per heavy atom. The zero-order chi connectivity index (χ0) is 24.1. The summed E-state index contributed by atoms with van der Waals surface area (Å²) in [5.74, 6) is 0.270. The Morgan fingerprint density at radius 3 is 2.29 bits per heavy atom. The molecule has 0 unspecified atom stereocenters. The molecule has 1 aliphatic heterocycles. The van der Waals surface area contributed by atoms with Crippen molar-refractivity contribution >= 4 is 34.7 Å². The highest BCUT2D eigenvalue weighted by Crippen LogP contribution is 2.28. The van der Waals surface area contributed by atoms with Crippen LogP contribution in [0.25, 0.3) is 11.4 Å². The smallest absolute Gasteiger partial charge is 0.269 e. The molecule has 34 heavy (non-hydrogen) atoms. The topological polar surface area (TPSA) is 155 Å². The van der Waals surface area contributed by atoms with E-state index in [9.17, 15) is 25.0 Å². The molecule has 0 aliphatic carbocycles. The molecule has 0 spiro atoms. The van der Waals surface area contributed by atoms with E-state index in [-0.39, 0.29) is 29.1 Å². The van der Waals surface area contributed by atoms with Gasteiger partial charge >= 0.3 is 0 Å². The standard InChI is InChI=1S/C21H20N6O6S/c28-19(22-15-5-9-17(10-6-15)27(31)32)13-34-21-24-23-20(25(21)12-18-2-1-11-33-18)14-3-7-16(8-4-14)26(29)30/h3-10,18H,1-2,11-13H2,(H,22,28)/t18-/m1/s1. The number of hydrogen-bond donors (Lipinski definition) is 1. The number of nitro benzene ring substituents is 2. The number of nitrogens with one attached hydrogen (secondary N) is 1. The van der Waals surface area contributed by atoms with Gasteiger partial charge in [-0.2, -0.15) is 0 Å². The van der Waals surface area contributed by atoms with Gasteiger partial charge in [0.25, 0.3) is 11.4 Å². The van der Waals surface area contributed by atoms with Crippen LogP contribution in [0.5, 0.6) is 0 Å². The zero-order valence-electron chi connectivity index (χ0n) is 17.8. The Balaban J connectivity index is 1.48. The van der Waals surface area contributed by atoms with Gasteiger partial charge in [0.2, 0.25) is 5.91 Å². The highest BCUT2D eigenvalue weighted by Gasteiger charge is 2.22. The molecule has 0 saturated carbocycles. The number of non-ortho nitro benzene ring substituents is 2. The van der Waals surface area contributed by atoms with Crippen molar-refractivity contribution in [3.05, 3.63) is 68.8 Å². The van der Waals surface area contributed by atoms with Crippen LogP contribution in [0, 0.1) is 20.2 Å². The van der Waals surface area contributed by atoms with Gasteiger partial charge in [-0.3, -0.25) is 29.6 Å². The third-order valence-corrected chi connectivity index (χ3v) is 6.12. The maximum absolute atomic E-state index is 12.4. The van der Waals surface area contributed by atoms with Gasteiger partial charge in [-0.15, -0.1) is 10.2 Å². The minimum absolute atomic E-state index is 0.0129. The number of aromatic nitrogens is 3. The fourth-order valence-electron chi connectivity index (χ4n) is 3.49. The highest BCUT2D eigenvalue weighted by atomic mass is 32.2. The summed E-state index contributed by atoms with van der Waals surface area (Å²) in [6.07, 6.45) is 1.84. The van der Waals surface area contributed by atoms with Gasteiger partial charge in [-0.25, -0.2) is 0 Å². The highest BCUT2D eigenvalue weighted by molar-refractivity contribution is 7.99. The summed E-state index contributed by atoms with van der Waals surface area (Å²) < 4.78 is 7.61. The van der Waals surface area contributed by atoms with Crippen LogP contribution in [0.4, 0.5) is 17.1 Å². The third kappa shape index (κ3) is 5.55. The first-order chi connectivity index (χ1) is 16.4. The normalized spacial score (nSPS) is 15.2.